The summed E-state index contributed by atoms with van der Waals surface area (Å²) in [7, 11) is 11.3. The van der Waals surface area contributed by atoms with Gasteiger partial charge in [0.15, 0.2) is 17.1 Å². The van der Waals surface area contributed by atoms with Gasteiger partial charge in [0.25, 0.3) is 0 Å². The van der Waals surface area contributed by atoms with E-state index in [9.17, 15) is 0 Å². The Bertz CT molecular complexity index is 2300. The molecule has 0 aromatic heterocycles. The van der Waals surface area contributed by atoms with Crippen molar-refractivity contribution in [3.63, 3.8) is 0 Å². The average molecular weight is 737 g/mol. The zero-order valence-electron chi connectivity index (χ0n) is 33.8. The first-order valence-electron chi connectivity index (χ1n) is 19.3. The van der Waals surface area contributed by atoms with Crippen molar-refractivity contribution in [2.45, 2.75) is 64.0 Å². The van der Waals surface area contributed by atoms with Gasteiger partial charge in [-0.25, -0.2) is 9.80 Å². The predicted octanol–water partition coefficient (Wildman–Crippen LogP) is 10.2. The Morgan fingerprint density at radius 1 is 0.618 bits per heavy atom. The van der Waals surface area contributed by atoms with E-state index in [0.717, 1.165) is 64.0 Å². The highest BCUT2D eigenvalue weighted by molar-refractivity contribution is 6.09. The first-order valence-corrected chi connectivity index (χ1v) is 19.3. The summed E-state index contributed by atoms with van der Waals surface area (Å²) in [4.78, 5) is 3.93. The van der Waals surface area contributed by atoms with Crippen LogP contribution in [0.1, 0.15) is 74.8 Å². The second-order valence-corrected chi connectivity index (χ2v) is 18.0. The number of fused-ring (bicyclic) bond motifs is 11. The third-order valence-corrected chi connectivity index (χ3v) is 12.5. The molecule has 2 aliphatic heterocycles. The maximum absolute atomic E-state index is 7.74. The minimum atomic E-state index is -1.10. The van der Waals surface area contributed by atoms with E-state index >= 15 is 0 Å². The number of methoxy groups -OCH3 is 2. The molecule has 9 rings (SSSR count). The summed E-state index contributed by atoms with van der Waals surface area (Å²) >= 11 is 0. The molecular weight excluding hydrogens is 685 g/mol. The van der Waals surface area contributed by atoms with Crippen molar-refractivity contribution in [3.05, 3.63) is 119 Å². The normalized spacial score (nSPS) is 19.9. The fourth-order valence-corrected chi connectivity index (χ4v) is 11.0. The Morgan fingerprint density at radius 2 is 1.15 bits per heavy atom. The summed E-state index contributed by atoms with van der Waals surface area (Å²) < 4.78 is 32.5. The molecule has 0 radical (unpaired) electrons. The zero-order chi connectivity index (χ0) is 38.7. The molecule has 2 aliphatic carbocycles. The van der Waals surface area contributed by atoms with Gasteiger partial charge in [-0.3, -0.25) is 0 Å². The molecule has 0 amide bonds. The first kappa shape index (κ1) is 35.7. The average Bonchev–Trinajstić information content (AvgIpc) is 3.67. The van der Waals surface area contributed by atoms with Gasteiger partial charge < -0.3 is 23.7 Å². The number of hydrogen-bond acceptors (Lipinski definition) is 7. The van der Waals surface area contributed by atoms with Crippen LogP contribution in [0.15, 0.2) is 91.0 Å². The molecule has 2 heterocycles. The van der Waals surface area contributed by atoms with Crippen LogP contribution in [0.5, 0.6) is 28.7 Å². The van der Waals surface area contributed by atoms with Crippen LogP contribution >= 0.6 is 0 Å². The van der Waals surface area contributed by atoms with Crippen LogP contribution < -0.4 is 23.7 Å². The number of benzene rings is 5. The molecule has 1 saturated carbocycles. The maximum Gasteiger partial charge on any atom is 0.386 e. The Balaban J connectivity index is 1.38. The van der Waals surface area contributed by atoms with Gasteiger partial charge in [0.2, 0.25) is 0 Å². The van der Waals surface area contributed by atoms with Crippen molar-refractivity contribution in [2.24, 2.45) is 10.8 Å². The van der Waals surface area contributed by atoms with Gasteiger partial charge in [-0.05, 0) is 128 Å². The summed E-state index contributed by atoms with van der Waals surface area (Å²) in [5.41, 5.74) is 7.49. The van der Waals surface area contributed by atoms with E-state index in [4.69, 9.17) is 23.7 Å². The lowest BCUT2D eigenvalue weighted by Crippen LogP contribution is -2.61. The lowest BCUT2D eigenvalue weighted by atomic mass is 9.52. The molecule has 5 aromatic carbocycles. The summed E-state index contributed by atoms with van der Waals surface area (Å²) in [6.07, 6.45) is 7.85. The van der Waals surface area contributed by atoms with Crippen LogP contribution in [-0.2, 0) is 11.0 Å². The highest BCUT2D eigenvalue weighted by Gasteiger charge is 2.56. The van der Waals surface area contributed by atoms with E-state index in [1.54, 1.807) is 14.2 Å². The van der Waals surface area contributed by atoms with Crippen LogP contribution in [-0.4, -0.2) is 58.2 Å². The number of nitrogens with zero attached hydrogens (tertiary/aromatic N) is 2. The van der Waals surface area contributed by atoms with E-state index in [1.807, 2.05) is 62.3 Å². The van der Waals surface area contributed by atoms with Gasteiger partial charge >= 0.3 is 6.03 Å². The molecule has 7 heteroatoms. The van der Waals surface area contributed by atoms with Gasteiger partial charge in [0.05, 0.1) is 14.2 Å². The second kappa shape index (κ2) is 12.0. The molecule has 1 fully saturated rings. The Kier molecular flexibility index (Phi) is 7.80. The van der Waals surface area contributed by atoms with E-state index in [2.05, 4.69) is 101 Å². The molecule has 4 aliphatic rings. The predicted molar refractivity (Wildman–Crippen MR) is 219 cm³/mol. The molecular formula is C48H52N2O5. The zero-order valence-corrected chi connectivity index (χ0v) is 33.8. The largest absolute Gasteiger partial charge is 0.497 e. The first-order chi connectivity index (χ1) is 26.2. The summed E-state index contributed by atoms with van der Waals surface area (Å²) in [5.74, 6) is 3.81. The Labute approximate surface area is 325 Å². The van der Waals surface area contributed by atoms with Gasteiger partial charge in [0.1, 0.15) is 17.2 Å². The molecule has 0 bridgehead atoms. The monoisotopic (exact) mass is 736 g/mol. The molecule has 284 valence electrons. The third kappa shape index (κ3) is 5.15. The fourth-order valence-electron chi connectivity index (χ4n) is 11.0. The Morgan fingerprint density at radius 3 is 1.67 bits per heavy atom. The highest BCUT2D eigenvalue weighted by Crippen LogP contribution is 2.67. The molecule has 7 nitrogen and oxygen atoms in total. The summed E-state index contributed by atoms with van der Waals surface area (Å²) in [6, 6.07) is 28.8. The van der Waals surface area contributed by atoms with Crippen LogP contribution in [0.4, 0.5) is 0 Å². The number of hydrogen-bond donors (Lipinski definition) is 0. The second-order valence-electron chi connectivity index (χ2n) is 18.0. The van der Waals surface area contributed by atoms with Gasteiger partial charge in [-0.15, -0.1) is 0 Å². The van der Waals surface area contributed by atoms with Crippen LogP contribution in [0.3, 0.4) is 0 Å². The topological polar surface area (TPSA) is 52.6 Å². The lowest BCUT2D eigenvalue weighted by Gasteiger charge is -2.52. The van der Waals surface area contributed by atoms with E-state index in [-0.39, 0.29) is 16.2 Å². The molecule has 5 aromatic rings. The molecule has 1 spiro atoms. The molecule has 0 atom stereocenters. The smallest absolute Gasteiger partial charge is 0.386 e. The minimum absolute atomic E-state index is 0.111. The van der Waals surface area contributed by atoms with Gasteiger partial charge in [0, 0.05) is 27.5 Å². The van der Waals surface area contributed by atoms with E-state index < -0.39 is 11.6 Å². The molecule has 0 N–H and O–H groups in total. The molecule has 55 heavy (non-hydrogen) atoms. The molecule has 0 saturated heterocycles. The number of rotatable bonds is 6. The SMILES string of the molecule is COc1ccc(C2(c3ccc(OC)cc3)C=Cc3c4c(c5cc6c(cc5c3O2)OC(N(C)C)(N(C)C)O6)-c2ccccc2C42CC(C)(C)CC(C)(C)C2)cc1. The van der Waals surface area contributed by atoms with Crippen molar-refractivity contribution in [2.75, 3.05) is 42.4 Å². The third-order valence-electron chi connectivity index (χ3n) is 12.5. The van der Waals surface area contributed by atoms with Crippen molar-refractivity contribution in [1.82, 2.24) is 9.80 Å². The highest BCUT2D eigenvalue weighted by atomic mass is 16.8. The van der Waals surface area contributed by atoms with Gasteiger partial charge in [-0.2, -0.15) is 0 Å². The van der Waals surface area contributed by atoms with E-state index in [1.165, 1.54) is 22.3 Å². The summed E-state index contributed by atoms with van der Waals surface area (Å²) in [5, 5.41) is 2.09. The number of ether oxygens (including phenoxy) is 5. The Hall–Kier alpha value is -4.98. The van der Waals surface area contributed by atoms with E-state index in [0.29, 0.717) is 11.5 Å². The van der Waals surface area contributed by atoms with Gasteiger partial charge in [-0.1, -0.05) is 82.3 Å². The maximum atomic E-state index is 7.74. The van der Waals surface area contributed by atoms with Crippen LogP contribution in [0, 0.1) is 10.8 Å². The van der Waals surface area contributed by atoms with Crippen LogP contribution in [0.2, 0.25) is 0 Å². The van der Waals surface area contributed by atoms with Crippen LogP contribution in [0.25, 0.3) is 28.0 Å². The van der Waals surface area contributed by atoms with Crippen molar-refractivity contribution in [3.8, 4) is 39.9 Å². The standard InChI is InChI=1S/C48H52N2O5/c1-44(2)27-45(3,4)29-46(28-44)38-14-12-11-13-34(38)41-36-25-39-40(54-48(53-39,49(5)6)50(7)8)26-37(36)43-35(42(41)46)23-24-47(55-43,30-15-19-32(51-9)20-16-30)31-17-21-33(52-10)22-18-31/h11-26H,27-29H2,1-10H3. The molecule has 0 unspecified atom stereocenters. The van der Waals surface area contributed by atoms with Crippen molar-refractivity contribution < 1.29 is 23.7 Å². The van der Waals surface area contributed by atoms with Crippen molar-refractivity contribution in [1.29, 1.82) is 0 Å². The fraction of sp³-hybridized carbons (Fsp3) is 0.375. The van der Waals surface area contributed by atoms with Crippen molar-refractivity contribution >= 4 is 16.8 Å². The quantitative estimate of drug-likeness (QED) is 0.161. The minimum Gasteiger partial charge on any atom is -0.497 e. The lowest BCUT2D eigenvalue weighted by molar-refractivity contribution is -0.266. The summed E-state index contributed by atoms with van der Waals surface area (Å²) in [6.45, 7) is 9.81.